The highest BCUT2D eigenvalue weighted by molar-refractivity contribution is 4.83. The van der Waals surface area contributed by atoms with Gasteiger partial charge in [0.1, 0.15) is 12.2 Å². The van der Waals surface area contributed by atoms with Gasteiger partial charge in [-0.15, -0.1) is 0 Å². The molecule has 0 aliphatic heterocycles. The maximum absolute atomic E-state index is 4.16. The molecule has 1 aromatic rings. The summed E-state index contributed by atoms with van der Waals surface area (Å²) in [7, 11) is 0. The summed E-state index contributed by atoms with van der Waals surface area (Å²) in [5.41, 5.74) is 0. The molecule has 0 unspecified atom stereocenters. The smallest absolute Gasteiger partial charge is 0.140 e. The first-order valence-corrected chi connectivity index (χ1v) is 4.45. The number of aromatic nitrogens is 3. The summed E-state index contributed by atoms with van der Waals surface area (Å²) in [4.78, 5) is 4.16. The Morgan fingerprint density at radius 2 is 2.33 bits per heavy atom. The minimum absolute atomic E-state index is 0.816. The highest BCUT2D eigenvalue weighted by Crippen LogP contribution is 1.94. The number of hydrogen-bond acceptors (Lipinski definition) is 3. The average molecular weight is 168 g/mol. The van der Waals surface area contributed by atoms with Crippen LogP contribution in [-0.4, -0.2) is 21.3 Å². The lowest BCUT2D eigenvalue weighted by Crippen LogP contribution is -2.16. The molecule has 0 atom stereocenters. The Labute approximate surface area is 73.0 Å². The number of aryl methyl sites for hydroxylation is 1. The van der Waals surface area contributed by atoms with Gasteiger partial charge in [-0.25, -0.2) is 9.67 Å². The SMILES string of the molecule is CCCn1ncnc1CNCC. The number of nitrogens with one attached hydrogen (secondary N) is 1. The van der Waals surface area contributed by atoms with E-state index in [4.69, 9.17) is 0 Å². The van der Waals surface area contributed by atoms with Gasteiger partial charge < -0.3 is 5.32 Å². The summed E-state index contributed by atoms with van der Waals surface area (Å²) in [6, 6.07) is 0. The highest BCUT2D eigenvalue weighted by Gasteiger charge is 2.00. The third-order valence-corrected chi connectivity index (χ3v) is 1.66. The molecule has 1 aromatic heterocycles. The van der Waals surface area contributed by atoms with Crippen LogP contribution >= 0.6 is 0 Å². The molecule has 0 amide bonds. The molecule has 0 saturated heterocycles. The minimum atomic E-state index is 0.816. The van der Waals surface area contributed by atoms with Gasteiger partial charge in [-0.05, 0) is 13.0 Å². The number of hydrogen-bond donors (Lipinski definition) is 1. The maximum atomic E-state index is 4.16. The fraction of sp³-hybridized carbons (Fsp3) is 0.750. The zero-order valence-corrected chi connectivity index (χ0v) is 7.75. The summed E-state index contributed by atoms with van der Waals surface area (Å²) in [5, 5.41) is 7.35. The van der Waals surface area contributed by atoms with Crippen molar-refractivity contribution in [2.45, 2.75) is 33.4 Å². The lowest BCUT2D eigenvalue weighted by Gasteiger charge is -2.03. The van der Waals surface area contributed by atoms with Crippen LogP contribution < -0.4 is 5.32 Å². The second-order valence-electron chi connectivity index (χ2n) is 2.68. The molecular formula is C8H16N4. The van der Waals surface area contributed by atoms with Crippen molar-refractivity contribution >= 4 is 0 Å². The largest absolute Gasteiger partial charge is 0.310 e. The number of nitrogens with zero attached hydrogens (tertiary/aromatic N) is 3. The molecule has 1 heterocycles. The van der Waals surface area contributed by atoms with Crippen molar-refractivity contribution in [1.29, 1.82) is 0 Å². The van der Waals surface area contributed by atoms with E-state index in [0.29, 0.717) is 0 Å². The molecular weight excluding hydrogens is 152 g/mol. The summed E-state index contributed by atoms with van der Waals surface area (Å²) in [5.74, 6) is 1.03. The monoisotopic (exact) mass is 168 g/mol. The molecule has 0 aromatic carbocycles. The van der Waals surface area contributed by atoms with Crippen LogP contribution in [0, 0.1) is 0 Å². The molecule has 0 saturated carbocycles. The van der Waals surface area contributed by atoms with E-state index in [1.165, 1.54) is 0 Å². The first-order valence-electron chi connectivity index (χ1n) is 4.45. The normalized spacial score (nSPS) is 10.5. The van der Waals surface area contributed by atoms with E-state index in [1.54, 1.807) is 6.33 Å². The molecule has 1 N–H and O–H groups in total. The van der Waals surface area contributed by atoms with Gasteiger partial charge >= 0.3 is 0 Å². The zero-order valence-electron chi connectivity index (χ0n) is 7.75. The van der Waals surface area contributed by atoms with Crippen LogP contribution in [0.3, 0.4) is 0 Å². The molecule has 0 fully saturated rings. The minimum Gasteiger partial charge on any atom is -0.310 e. The van der Waals surface area contributed by atoms with Gasteiger partial charge in [0.25, 0.3) is 0 Å². The fourth-order valence-corrected chi connectivity index (χ4v) is 1.06. The molecule has 0 bridgehead atoms. The topological polar surface area (TPSA) is 42.7 Å². The molecule has 1 rings (SSSR count). The fourth-order valence-electron chi connectivity index (χ4n) is 1.06. The van der Waals surface area contributed by atoms with Gasteiger partial charge in [-0.2, -0.15) is 5.10 Å². The van der Waals surface area contributed by atoms with E-state index < -0.39 is 0 Å². The predicted molar refractivity (Wildman–Crippen MR) is 47.7 cm³/mol. The summed E-state index contributed by atoms with van der Waals surface area (Å²) >= 11 is 0. The first kappa shape index (κ1) is 9.19. The van der Waals surface area contributed by atoms with E-state index in [2.05, 4.69) is 29.2 Å². The third kappa shape index (κ3) is 2.30. The Morgan fingerprint density at radius 3 is 3.00 bits per heavy atom. The van der Waals surface area contributed by atoms with Crippen molar-refractivity contribution in [3.05, 3.63) is 12.2 Å². The van der Waals surface area contributed by atoms with Crippen LogP contribution in [0.25, 0.3) is 0 Å². The van der Waals surface area contributed by atoms with Gasteiger partial charge in [0.2, 0.25) is 0 Å². The van der Waals surface area contributed by atoms with E-state index in [-0.39, 0.29) is 0 Å². The molecule has 0 aliphatic rings. The Kier molecular flexibility index (Phi) is 3.73. The van der Waals surface area contributed by atoms with Crippen LogP contribution in [0.4, 0.5) is 0 Å². The van der Waals surface area contributed by atoms with Gasteiger partial charge in [0.15, 0.2) is 0 Å². The summed E-state index contributed by atoms with van der Waals surface area (Å²) < 4.78 is 1.95. The lowest BCUT2D eigenvalue weighted by atomic mass is 10.4. The van der Waals surface area contributed by atoms with E-state index in [0.717, 1.165) is 31.9 Å². The average Bonchev–Trinajstić information content (AvgIpc) is 2.50. The first-order chi connectivity index (χ1) is 5.88. The maximum Gasteiger partial charge on any atom is 0.140 e. The summed E-state index contributed by atoms with van der Waals surface area (Å²) in [6.45, 7) is 6.97. The van der Waals surface area contributed by atoms with Gasteiger partial charge in [-0.1, -0.05) is 13.8 Å². The zero-order chi connectivity index (χ0) is 8.81. The molecule has 12 heavy (non-hydrogen) atoms. The van der Waals surface area contributed by atoms with Gasteiger partial charge in [0.05, 0.1) is 6.54 Å². The predicted octanol–water partition coefficient (Wildman–Crippen LogP) is 0.798. The van der Waals surface area contributed by atoms with Crippen molar-refractivity contribution < 1.29 is 0 Å². The van der Waals surface area contributed by atoms with Crippen LogP contribution in [0.2, 0.25) is 0 Å². The van der Waals surface area contributed by atoms with E-state index in [9.17, 15) is 0 Å². The van der Waals surface area contributed by atoms with Crippen LogP contribution in [-0.2, 0) is 13.1 Å². The van der Waals surface area contributed by atoms with Crippen molar-refractivity contribution in [2.75, 3.05) is 6.54 Å². The molecule has 0 aliphatic carbocycles. The molecule has 0 spiro atoms. The number of rotatable bonds is 5. The second-order valence-corrected chi connectivity index (χ2v) is 2.68. The van der Waals surface area contributed by atoms with E-state index >= 15 is 0 Å². The van der Waals surface area contributed by atoms with Gasteiger partial charge in [0, 0.05) is 6.54 Å². The Bertz CT molecular complexity index is 219. The van der Waals surface area contributed by atoms with Crippen molar-refractivity contribution in [2.24, 2.45) is 0 Å². The van der Waals surface area contributed by atoms with Crippen LogP contribution in [0.5, 0.6) is 0 Å². The van der Waals surface area contributed by atoms with Crippen molar-refractivity contribution in [1.82, 2.24) is 20.1 Å². The quantitative estimate of drug-likeness (QED) is 0.707. The molecule has 4 nitrogen and oxygen atoms in total. The Morgan fingerprint density at radius 1 is 1.50 bits per heavy atom. The van der Waals surface area contributed by atoms with E-state index in [1.807, 2.05) is 4.68 Å². The molecule has 68 valence electrons. The molecule has 4 heteroatoms. The van der Waals surface area contributed by atoms with Crippen LogP contribution in [0.1, 0.15) is 26.1 Å². The standard InChI is InChI=1S/C8H16N4/c1-3-5-12-8(6-9-4-2)10-7-11-12/h7,9H,3-6H2,1-2H3. The van der Waals surface area contributed by atoms with Gasteiger partial charge in [-0.3, -0.25) is 0 Å². The Balaban J connectivity index is 2.51. The van der Waals surface area contributed by atoms with Crippen LogP contribution in [0.15, 0.2) is 6.33 Å². The van der Waals surface area contributed by atoms with Crippen molar-refractivity contribution in [3.8, 4) is 0 Å². The third-order valence-electron chi connectivity index (χ3n) is 1.66. The molecule has 0 radical (unpaired) electrons. The highest BCUT2D eigenvalue weighted by atomic mass is 15.3. The Hall–Kier alpha value is -0.900. The van der Waals surface area contributed by atoms with Crippen molar-refractivity contribution in [3.63, 3.8) is 0 Å². The summed E-state index contributed by atoms with van der Waals surface area (Å²) in [6.07, 6.45) is 2.71. The lowest BCUT2D eigenvalue weighted by molar-refractivity contribution is 0.547. The second kappa shape index (κ2) is 4.87.